The van der Waals surface area contributed by atoms with Gasteiger partial charge in [0, 0.05) is 6.21 Å². The fourth-order valence-corrected chi connectivity index (χ4v) is 1.93. The van der Waals surface area contributed by atoms with Gasteiger partial charge in [-0.1, -0.05) is 6.07 Å². The molecule has 0 heterocycles. The lowest BCUT2D eigenvalue weighted by Crippen LogP contribution is -1.94. The van der Waals surface area contributed by atoms with Crippen LogP contribution < -0.4 is 0 Å². The van der Waals surface area contributed by atoms with Gasteiger partial charge >= 0.3 is 5.97 Å². The maximum absolute atomic E-state index is 10.9. The van der Waals surface area contributed by atoms with Gasteiger partial charge in [-0.15, -0.1) is 0 Å². The molecule has 0 bridgehead atoms. The van der Waals surface area contributed by atoms with Gasteiger partial charge in [0.15, 0.2) is 0 Å². The summed E-state index contributed by atoms with van der Waals surface area (Å²) in [5, 5.41) is 18.6. The van der Waals surface area contributed by atoms with Crippen molar-refractivity contribution in [1.82, 2.24) is 0 Å². The summed E-state index contributed by atoms with van der Waals surface area (Å²) in [6.07, 6.45) is 1.65. The van der Waals surface area contributed by atoms with Gasteiger partial charge in [-0.2, -0.15) is 0 Å². The summed E-state index contributed by atoms with van der Waals surface area (Å²) in [5.41, 5.74) is 3.21. The molecule has 0 aromatic heterocycles. The minimum atomic E-state index is -0.974. The van der Waals surface area contributed by atoms with Crippen molar-refractivity contribution in [2.75, 3.05) is 0 Å². The maximum Gasteiger partial charge on any atom is 0.335 e. The molecule has 2 N–H and O–H groups in total. The molecule has 2 rings (SSSR count). The molecule has 0 spiro atoms. The summed E-state index contributed by atoms with van der Waals surface area (Å²) >= 11 is 0. The highest BCUT2D eigenvalue weighted by Gasteiger charge is 2.03. The minimum absolute atomic E-state index is 0.206. The van der Waals surface area contributed by atoms with Crippen molar-refractivity contribution in [3.8, 4) is 5.75 Å². The molecule has 2 aromatic carbocycles. The van der Waals surface area contributed by atoms with Crippen LogP contribution >= 0.6 is 0 Å². The van der Waals surface area contributed by atoms with Crippen molar-refractivity contribution in [3.05, 3.63) is 58.7 Å². The lowest BCUT2D eigenvalue weighted by molar-refractivity contribution is 0.0697. The van der Waals surface area contributed by atoms with Crippen LogP contribution in [0.2, 0.25) is 0 Å². The van der Waals surface area contributed by atoms with E-state index in [0.717, 1.165) is 16.7 Å². The molecule has 0 radical (unpaired) electrons. The number of nitrogens with zero attached hydrogens (tertiary/aromatic N) is 1. The average molecular weight is 269 g/mol. The number of aromatic carboxylic acids is 1. The van der Waals surface area contributed by atoms with E-state index in [2.05, 4.69) is 4.99 Å². The molecule has 0 amide bonds. The van der Waals surface area contributed by atoms with E-state index in [4.69, 9.17) is 5.11 Å². The van der Waals surface area contributed by atoms with Crippen LogP contribution in [-0.2, 0) is 0 Å². The van der Waals surface area contributed by atoms with Crippen LogP contribution in [0.3, 0.4) is 0 Å². The second kappa shape index (κ2) is 5.57. The number of carbonyl (C=O) groups is 1. The van der Waals surface area contributed by atoms with Gasteiger partial charge in [0.25, 0.3) is 0 Å². The Hall–Kier alpha value is -2.62. The molecular formula is C16H15NO3. The quantitative estimate of drug-likeness (QED) is 0.838. The van der Waals surface area contributed by atoms with Crippen molar-refractivity contribution in [2.45, 2.75) is 13.8 Å². The molecule has 0 aliphatic rings. The van der Waals surface area contributed by atoms with Crippen LogP contribution in [0.25, 0.3) is 0 Å². The third kappa shape index (κ3) is 3.03. The zero-order chi connectivity index (χ0) is 14.7. The fourth-order valence-electron chi connectivity index (χ4n) is 1.93. The standard InChI is InChI=1S/C16H15NO3/c1-10-6-12(7-11(2)15(10)18)9-17-14-5-3-4-13(8-14)16(19)20/h3-9,18H,1-2H3,(H,19,20). The van der Waals surface area contributed by atoms with Gasteiger partial charge in [-0.3, -0.25) is 4.99 Å². The van der Waals surface area contributed by atoms with E-state index >= 15 is 0 Å². The molecule has 0 aliphatic carbocycles. The van der Waals surface area contributed by atoms with Crippen LogP contribution in [0.5, 0.6) is 5.75 Å². The second-order valence-electron chi connectivity index (χ2n) is 4.62. The molecular weight excluding hydrogens is 254 g/mol. The van der Waals surface area contributed by atoms with Crippen molar-refractivity contribution in [3.63, 3.8) is 0 Å². The van der Waals surface area contributed by atoms with Crippen molar-refractivity contribution < 1.29 is 15.0 Å². The number of aromatic hydroxyl groups is 1. The Morgan fingerprint density at radius 3 is 2.40 bits per heavy atom. The summed E-state index contributed by atoms with van der Waals surface area (Å²) in [4.78, 5) is 15.1. The number of hydrogen-bond donors (Lipinski definition) is 2. The third-order valence-corrected chi connectivity index (χ3v) is 2.97. The van der Waals surface area contributed by atoms with E-state index < -0.39 is 5.97 Å². The number of carboxylic acids is 1. The Kier molecular flexibility index (Phi) is 3.84. The van der Waals surface area contributed by atoms with Crippen molar-refractivity contribution in [2.24, 2.45) is 4.99 Å². The number of benzene rings is 2. The van der Waals surface area contributed by atoms with Gasteiger partial charge in [-0.25, -0.2) is 4.79 Å². The first-order valence-electron chi connectivity index (χ1n) is 6.15. The second-order valence-corrected chi connectivity index (χ2v) is 4.62. The first-order chi connectivity index (χ1) is 9.47. The topological polar surface area (TPSA) is 69.9 Å². The lowest BCUT2D eigenvalue weighted by atomic mass is 10.1. The van der Waals surface area contributed by atoms with Crippen molar-refractivity contribution >= 4 is 17.9 Å². The Morgan fingerprint density at radius 2 is 1.80 bits per heavy atom. The summed E-state index contributed by atoms with van der Waals surface area (Å²) in [5.74, 6) is -0.687. The number of phenols is 1. The molecule has 0 aliphatic heterocycles. The minimum Gasteiger partial charge on any atom is -0.507 e. The zero-order valence-electron chi connectivity index (χ0n) is 11.3. The number of phenolic OH excluding ortho intramolecular Hbond substituents is 1. The number of aliphatic imine (C=N–C) groups is 1. The lowest BCUT2D eigenvalue weighted by Gasteiger charge is -2.04. The maximum atomic E-state index is 10.9. The molecule has 4 nitrogen and oxygen atoms in total. The molecule has 102 valence electrons. The number of aryl methyl sites for hydroxylation is 2. The smallest absolute Gasteiger partial charge is 0.335 e. The molecule has 4 heteroatoms. The van der Waals surface area contributed by atoms with E-state index in [-0.39, 0.29) is 11.3 Å². The summed E-state index contributed by atoms with van der Waals surface area (Å²) in [7, 11) is 0. The van der Waals surface area contributed by atoms with Gasteiger partial charge in [0.05, 0.1) is 11.3 Å². The monoisotopic (exact) mass is 269 g/mol. The SMILES string of the molecule is Cc1cc(C=Nc2cccc(C(=O)O)c2)cc(C)c1O. The first kappa shape index (κ1) is 13.8. The van der Waals surface area contributed by atoms with Crippen LogP contribution in [0.15, 0.2) is 41.4 Å². The molecule has 2 aromatic rings. The highest BCUT2D eigenvalue weighted by Crippen LogP contribution is 2.22. The van der Waals surface area contributed by atoms with Gasteiger partial charge < -0.3 is 10.2 Å². The van der Waals surface area contributed by atoms with Crippen LogP contribution in [0, 0.1) is 13.8 Å². The molecule has 0 saturated heterocycles. The summed E-state index contributed by atoms with van der Waals surface area (Å²) in [6.45, 7) is 3.65. The van der Waals surface area contributed by atoms with Gasteiger partial charge in [0.1, 0.15) is 5.75 Å². The predicted molar refractivity (Wildman–Crippen MR) is 78.2 cm³/mol. The zero-order valence-corrected chi connectivity index (χ0v) is 11.3. The molecule has 0 saturated carbocycles. The van der Waals surface area contributed by atoms with Crippen LogP contribution in [-0.4, -0.2) is 22.4 Å². The van der Waals surface area contributed by atoms with E-state index in [9.17, 15) is 9.90 Å². The van der Waals surface area contributed by atoms with Crippen LogP contribution in [0.1, 0.15) is 27.0 Å². The fraction of sp³-hybridized carbons (Fsp3) is 0.125. The number of rotatable bonds is 3. The summed E-state index contributed by atoms with van der Waals surface area (Å²) < 4.78 is 0. The molecule has 0 unspecified atom stereocenters. The number of carboxylic acid groups (broad SMARTS) is 1. The molecule has 0 fully saturated rings. The molecule has 0 atom stereocenters. The highest BCUT2D eigenvalue weighted by atomic mass is 16.4. The van der Waals surface area contributed by atoms with E-state index in [1.807, 2.05) is 26.0 Å². The van der Waals surface area contributed by atoms with Gasteiger partial charge in [-0.05, 0) is 60.9 Å². The van der Waals surface area contributed by atoms with Crippen molar-refractivity contribution in [1.29, 1.82) is 0 Å². The normalized spacial score (nSPS) is 10.9. The Balaban J connectivity index is 2.30. The average Bonchev–Trinajstić information content (AvgIpc) is 2.42. The Bertz CT molecular complexity index is 667. The van der Waals surface area contributed by atoms with Gasteiger partial charge in [0.2, 0.25) is 0 Å². The third-order valence-electron chi connectivity index (χ3n) is 2.97. The molecule has 20 heavy (non-hydrogen) atoms. The van der Waals surface area contributed by atoms with E-state index in [1.165, 1.54) is 12.1 Å². The number of hydrogen-bond acceptors (Lipinski definition) is 3. The Morgan fingerprint density at radius 1 is 1.15 bits per heavy atom. The van der Waals surface area contributed by atoms with Crippen LogP contribution in [0.4, 0.5) is 5.69 Å². The highest BCUT2D eigenvalue weighted by molar-refractivity contribution is 5.89. The first-order valence-corrected chi connectivity index (χ1v) is 6.15. The summed E-state index contributed by atoms with van der Waals surface area (Å²) in [6, 6.07) is 10.1. The van der Waals surface area contributed by atoms with E-state index in [0.29, 0.717) is 5.69 Å². The Labute approximate surface area is 117 Å². The largest absolute Gasteiger partial charge is 0.507 e. The van der Waals surface area contributed by atoms with E-state index in [1.54, 1.807) is 18.3 Å². The predicted octanol–water partition coefficient (Wildman–Crippen LogP) is 3.46.